The lowest BCUT2D eigenvalue weighted by Crippen LogP contribution is -1.84. The van der Waals surface area contributed by atoms with Gasteiger partial charge in [0.2, 0.25) is 0 Å². The van der Waals surface area contributed by atoms with Crippen LogP contribution in [-0.2, 0) is 0 Å². The monoisotopic (exact) mass is 220 g/mol. The number of aromatic nitrogens is 1. The Morgan fingerprint density at radius 1 is 1.47 bits per heavy atom. The van der Waals surface area contributed by atoms with E-state index in [1.807, 2.05) is 6.92 Å². The molecule has 0 aliphatic carbocycles. The highest BCUT2D eigenvalue weighted by atomic mass is 35.5. The van der Waals surface area contributed by atoms with E-state index in [1.54, 1.807) is 19.2 Å². The van der Waals surface area contributed by atoms with Crippen LogP contribution in [0, 0.1) is 18.3 Å². The Kier molecular flexibility index (Phi) is 2.29. The highest BCUT2D eigenvalue weighted by molar-refractivity contribution is 6.32. The number of nitriles is 1. The third kappa shape index (κ3) is 1.43. The normalized spacial score (nSPS) is 10.3. The van der Waals surface area contributed by atoms with E-state index in [0.29, 0.717) is 16.3 Å². The van der Waals surface area contributed by atoms with E-state index < -0.39 is 0 Å². The Labute approximate surface area is 92.2 Å². The van der Waals surface area contributed by atoms with Crippen molar-refractivity contribution in [3.8, 4) is 11.8 Å². The molecule has 0 saturated heterocycles. The number of aromatic amines is 1. The van der Waals surface area contributed by atoms with Gasteiger partial charge in [-0.3, -0.25) is 0 Å². The minimum absolute atomic E-state index is 0.538. The number of hydrogen-bond acceptors (Lipinski definition) is 2. The van der Waals surface area contributed by atoms with Gasteiger partial charge in [-0.15, -0.1) is 0 Å². The first kappa shape index (κ1) is 9.88. The Morgan fingerprint density at radius 2 is 2.20 bits per heavy atom. The van der Waals surface area contributed by atoms with Crippen LogP contribution in [0.1, 0.15) is 11.3 Å². The van der Waals surface area contributed by atoms with Gasteiger partial charge in [0, 0.05) is 16.6 Å². The number of ether oxygens (including phenoxy) is 1. The molecule has 0 fully saturated rings. The molecular formula is C11H9ClN2O. The fourth-order valence-electron chi connectivity index (χ4n) is 1.63. The van der Waals surface area contributed by atoms with E-state index in [4.69, 9.17) is 21.6 Å². The van der Waals surface area contributed by atoms with E-state index in [1.165, 1.54) is 0 Å². The van der Waals surface area contributed by atoms with Gasteiger partial charge >= 0.3 is 0 Å². The van der Waals surface area contributed by atoms with Gasteiger partial charge in [0.05, 0.1) is 17.7 Å². The maximum atomic E-state index is 8.99. The summed E-state index contributed by atoms with van der Waals surface area (Å²) >= 11 is 5.98. The number of H-pyrrole nitrogens is 1. The summed E-state index contributed by atoms with van der Waals surface area (Å²) in [5.41, 5.74) is 2.34. The number of halogens is 1. The first-order valence-corrected chi connectivity index (χ1v) is 4.81. The molecule has 1 N–H and O–H groups in total. The maximum Gasteiger partial charge on any atom is 0.138 e. The second-order valence-corrected chi connectivity index (χ2v) is 3.68. The molecule has 76 valence electrons. The highest BCUT2D eigenvalue weighted by Crippen LogP contribution is 2.32. The number of hydrogen-bond donors (Lipinski definition) is 1. The van der Waals surface area contributed by atoms with Crippen molar-refractivity contribution in [2.45, 2.75) is 6.92 Å². The van der Waals surface area contributed by atoms with Gasteiger partial charge in [0.1, 0.15) is 11.8 Å². The van der Waals surface area contributed by atoms with Crippen LogP contribution in [0.4, 0.5) is 0 Å². The van der Waals surface area contributed by atoms with Gasteiger partial charge < -0.3 is 9.72 Å². The van der Waals surface area contributed by atoms with Crippen molar-refractivity contribution in [2.24, 2.45) is 0 Å². The smallest absolute Gasteiger partial charge is 0.138 e. The summed E-state index contributed by atoms with van der Waals surface area (Å²) < 4.78 is 5.11. The lowest BCUT2D eigenvalue weighted by molar-refractivity contribution is 0.415. The molecule has 4 heteroatoms. The minimum Gasteiger partial charge on any atom is -0.495 e. The van der Waals surface area contributed by atoms with Crippen LogP contribution >= 0.6 is 11.6 Å². The third-order valence-corrected chi connectivity index (χ3v) is 2.67. The number of rotatable bonds is 1. The van der Waals surface area contributed by atoms with E-state index in [-0.39, 0.29) is 0 Å². The molecule has 0 atom stereocenters. The number of nitrogens with zero attached hydrogens (tertiary/aromatic N) is 1. The van der Waals surface area contributed by atoms with Crippen LogP contribution < -0.4 is 4.74 Å². The average molecular weight is 221 g/mol. The molecular weight excluding hydrogens is 212 g/mol. The topological polar surface area (TPSA) is 48.8 Å². The van der Waals surface area contributed by atoms with E-state index in [9.17, 15) is 0 Å². The number of benzene rings is 1. The van der Waals surface area contributed by atoms with Crippen LogP contribution in [-0.4, -0.2) is 12.1 Å². The first-order valence-electron chi connectivity index (χ1n) is 4.43. The Balaban J connectivity index is 2.84. The van der Waals surface area contributed by atoms with Crippen molar-refractivity contribution in [3.63, 3.8) is 0 Å². The number of aryl methyl sites for hydroxylation is 1. The summed E-state index contributed by atoms with van der Waals surface area (Å²) in [6, 6.07) is 5.70. The van der Waals surface area contributed by atoms with Crippen molar-refractivity contribution in [2.75, 3.05) is 7.11 Å². The molecule has 0 radical (unpaired) electrons. The fraction of sp³-hybridized carbons (Fsp3) is 0.182. The van der Waals surface area contributed by atoms with Crippen LogP contribution in [0.15, 0.2) is 12.1 Å². The quantitative estimate of drug-likeness (QED) is 0.803. The Hall–Kier alpha value is -1.66. The minimum atomic E-state index is 0.538. The third-order valence-electron chi connectivity index (χ3n) is 2.37. The van der Waals surface area contributed by atoms with Gasteiger partial charge in [-0.05, 0) is 19.1 Å². The van der Waals surface area contributed by atoms with Crippen LogP contribution in [0.2, 0.25) is 5.02 Å². The second-order valence-electron chi connectivity index (χ2n) is 3.27. The molecule has 1 heterocycles. The Morgan fingerprint density at radius 3 is 2.80 bits per heavy atom. The zero-order chi connectivity index (χ0) is 11.0. The van der Waals surface area contributed by atoms with Crippen molar-refractivity contribution >= 4 is 22.5 Å². The molecule has 0 unspecified atom stereocenters. The molecule has 0 aliphatic rings. The molecule has 2 aromatic rings. The van der Waals surface area contributed by atoms with Crippen molar-refractivity contribution in [1.29, 1.82) is 5.26 Å². The summed E-state index contributed by atoms with van der Waals surface area (Å²) in [7, 11) is 1.55. The molecule has 0 saturated carbocycles. The average Bonchev–Trinajstić information content (AvgIpc) is 2.51. The molecule has 0 aliphatic heterocycles. The largest absolute Gasteiger partial charge is 0.495 e. The van der Waals surface area contributed by atoms with Gasteiger partial charge in [-0.25, -0.2) is 0 Å². The lowest BCUT2D eigenvalue weighted by atomic mass is 10.1. The maximum absolute atomic E-state index is 8.99. The van der Waals surface area contributed by atoms with E-state index in [0.717, 1.165) is 16.6 Å². The molecule has 15 heavy (non-hydrogen) atoms. The van der Waals surface area contributed by atoms with Gasteiger partial charge in [0.15, 0.2) is 0 Å². The van der Waals surface area contributed by atoms with Crippen molar-refractivity contribution in [3.05, 3.63) is 28.4 Å². The SMILES string of the molecule is COc1cc2c(C#N)c(C)[nH]c2cc1Cl. The molecule has 1 aromatic carbocycles. The Bertz CT molecular complexity index is 566. The zero-order valence-electron chi connectivity index (χ0n) is 8.39. The molecule has 1 aromatic heterocycles. The standard InChI is InChI=1S/C11H9ClN2O/c1-6-8(5-13)7-3-11(15-2)9(12)4-10(7)14-6/h3-4,14H,1-2H3. The summed E-state index contributed by atoms with van der Waals surface area (Å²) in [5, 5.41) is 10.4. The van der Waals surface area contributed by atoms with Crippen LogP contribution in [0.3, 0.4) is 0 Å². The van der Waals surface area contributed by atoms with Gasteiger partial charge in [-0.1, -0.05) is 11.6 Å². The fourth-order valence-corrected chi connectivity index (χ4v) is 1.87. The van der Waals surface area contributed by atoms with Gasteiger partial charge in [0.25, 0.3) is 0 Å². The highest BCUT2D eigenvalue weighted by Gasteiger charge is 2.11. The molecule has 3 nitrogen and oxygen atoms in total. The summed E-state index contributed by atoms with van der Waals surface area (Å²) in [6.45, 7) is 1.86. The van der Waals surface area contributed by atoms with Crippen molar-refractivity contribution < 1.29 is 4.74 Å². The van der Waals surface area contributed by atoms with Crippen molar-refractivity contribution in [1.82, 2.24) is 4.98 Å². The molecule has 0 amide bonds. The van der Waals surface area contributed by atoms with E-state index in [2.05, 4.69) is 11.1 Å². The predicted molar refractivity (Wildman–Crippen MR) is 59.3 cm³/mol. The molecule has 0 bridgehead atoms. The van der Waals surface area contributed by atoms with Crippen LogP contribution in [0.5, 0.6) is 5.75 Å². The summed E-state index contributed by atoms with van der Waals surface area (Å²) in [4.78, 5) is 3.11. The van der Waals surface area contributed by atoms with Gasteiger partial charge in [-0.2, -0.15) is 5.26 Å². The first-order chi connectivity index (χ1) is 7.17. The number of fused-ring (bicyclic) bond motifs is 1. The number of nitrogens with one attached hydrogen (secondary N) is 1. The van der Waals surface area contributed by atoms with E-state index >= 15 is 0 Å². The molecule has 2 rings (SSSR count). The number of methoxy groups -OCH3 is 1. The van der Waals surface area contributed by atoms with Crippen LogP contribution in [0.25, 0.3) is 10.9 Å². The predicted octanol–water partition coefficient (Wildman–Crippen LogP) is 3.01. The summed E-state index contributed by atoms with van der Waals surface area (Å²) in [6.07, 6.45) is 0. The summed E-state index contributed by atoms with van der Waals surface area (Å²) in [5.74, 6) is 0.583. The lowest BCUT2D eigenvalue weighted by Gasteiger charge is -2.02. The molecule has 0 spiro atoms. The second kappa shape index (κ2) is 3.48. The zero-order valence-corrected chi connectivity index (χ0v) is 9.14.